The number of phenolic OH excluding ortho intramolecular Hbond substituents is 1. The summed E-state index contributed by atoms with van der Waals surface area (Å²) in [6.45, 7) is 21.3. The summed E-state index contributed by atoms with van der Waals surface area (Å²) in [5.41, 5.74) is 5.46. The molecule has 1 aromatic carbocycles. The number of hydrogen-bond acceptors (Lipinski definition) is 2. The van der Waals surface area contributed by atoms with Gasteiger partial charge >= 0.3 is 0 Å². The average Bonchev–Trinajstić information content (AvgIpc) is 2.70. The van der Waals surface area contributed by atoms with Crippen LogP contribution in [0.3, 0.4) is 0 Å². The van der Waals surface area contributed by atoms with Gasteiger partial charge in [-0.1, -0.05) is 58.4 Å². The predicted molar refractivity (Wildman–Crippen MR) is 136 cm³/mol. The molecule has 1 unspecified atom stereocenters. The molecule has 0 aliphatic rings. The van der Waals surface area contributed by atoms with Gasteiger partial charge in [0.2, 0.25) is 0 Å². The molecule has 0 saturated carbocycles. The number of rotatable bonds is 15. The van der Waals surface area contributed by atoms with Gasteiger partial charge in [-0.15, -0.1) is 6.58 Å². The van der Waals surface area contributed by atoms with Crippen molar-refractivity contribution in [1.29, 1.82) is 0 Å². The molecule has 0 aliphatic heterocycles. The van der Waals surface area contributed by atoms with Crippen molar-refractivity contribution in [1.82, 2.24) is 0 Å². The highest BCUT2D eigenvalue weighted by Gasteiger charge is 2.19. The van der Waals surface area contributed by atoms with E-state index in [1.807, 2.05) is 13.8 Å². The average molecular weight is 431 g/mol. The summed E-state index contributed by atoms with van der Waals surface area (Å²) < 4.78 is 6.42. The second kappa shape index (κ2) is 13.9. The Labute approximate surface area is 193 Å². The van der Waals surface area contributed by atoms with Crippen LogP contribution in [0.2, 0.25) is 0 Å². The van der Waals surface area contributed by atoms with Gasteiger partial charge in [0.1, 0.15) is 11.5 Å². The van der Waals surface area contributed by atoms with Crippen LogP contribution in [0.5, 0.6) is 11.5 Å². The summed E-state index contributed by atoms with van der Waals surface area (Å²) in [5.74, 6) is 3.05. The van der Waals surface area contributed by atoms with E-state index in [9.17, 15) is 5.11 Å². The van der Waals surface area contributed by atoms with Gasteiger partial charge < -0.3 is 9.84 Å². The van der Waals surface area contributed by atoms with E-state index in [4.69, 9.17) is 4.74 Å². The number of hydrogen-bond donors (Lipinski definition) is 1. The molecular formula is C29H50O2. The van der Waals surface area contributed by atoms with E-state index in [0.717, 1.165) is 52.7 Å². The lowest BCUT2D eigenvalue weighted by molar-refractivity contribution is 0.199. The van der Waals surface area contributed by atoms with E-state index < -0.39 is 0 Å². The van der Waals surface area contributed by atoms with Crippen LogP contribution in [0, 0.1) is 32.6 Å². The summed E-state index contributed by atoms with van der Waals surface area (Å²) in [5, 5.41) is 10.4. The largest absolute Gasteiger partial charge is 0.507 e. The molecule has 0 amide bonds. The third kappa shape index (κ3) is 9.29. The van der Waals surface area contributed by atoms with Gasteiger partial charge in [-0.05, 0) is 95.2 Å². The summed E-state index contributed by atoms with van der Waals surface area (Å²) in [7, 11) is 0. The number of aromatic hydroxyl groups is 1. The SMILES string of the molecule is C=C(C)CCC[C@@H](C)CCC[C@@H](C)CCCC(C)Oc1c(C)c(C)c(O)c(C)c1CC. The number of ether oxygens (including phenoxy) is 1. The van der Waals surface area contributed by atoms with Gasteiger partial charge in [-0.3, -0.25) is 0 Å². The Kier molecular flexibility index (Phi) is 12.3. The van der Waals surface area contributed by atoms with Crippen LogP contribution in [0.15, 0.2) is 12.2 Å². The molecule has 2 heteroatoms. The zero-order chi connectivity index (χ0) is 23.6. The minimum absolute atomic E-state index is 0.202. The fourth-order valence-corrected chi connectivity index (χ4v) is 4.62. The molecule has 2 nitrogen and oxygen atoms in total. The van der Waals surface area contributed by atoms with E-state index in [-0.39, 0.29) is 6.10 Å². The molecule has 0 bridgehead atoms. The van der Waals surface area contributed by atoms with Crippen molar-refractivity contribution in [2.24, 2.45) is 11.8 Å². The van der Waals surface area contributed by atoms with Crippen LogP contribution >= 0.6 is 0 Å². The van der Waals surface area contributed by atoms with Crippen molar-refractivity contribution in [2.45, 2.75) is 126 Å². The highest BCUT2D eigenvalue weighted by molar-refractivity contribution is 5.57. The Balaban J connectivity index is 2.38. The topological polar surface area (TPSA) is 29.5 Å². The molecule has 0 aliphatic carbocycles. The van der Waals surface area contributed by atoms with E-state index in [0.29, 0.717) is 5.75 Å². The number of benzene rings is 1. The molecule has 1 N–H and O–H groups in total. The Bertz CT molecular complexity index is 689. The van der Waals surface area contributed by atoms with Crippen molar-refractivity contribution in [3.63, 3.8) is 0 Å². The quantitative estimate of drug-likeness (QED) is 0.281. The van der Waals surface area contributed by atoms with Crippen molar-refractivity contribution < 1.29 is 9.84 Å². The van der Waals surface area contributed by atoms with Crippen LogP contribution in [0.4, 0.5) is 0 Å². The highest BCUT2D eigenvalue weighted by atomic mass is 16.5. The van der Waals surface area contributed by atoms with Crippen molar-refractivity contribution in [3.05, 3.63) is 34.4 Å². The smallest absolute Gasteiger partial charge is 0.126 e. The minimum atomic E-state index is 0.202. The molecule has 0 heterocycles. The maximum Gasteiger partial charge on any atom is 0.126 e. The third-order valence-electron chi connectivity index (χ3n) is 7.01. The monoisotopic (exact) mass is 430 g/mol. The maximum atomic E-state index is 10.4. The summed E-state index contributed by atoms with van der Waals surface area (Å²) >= 11 is 0. The zero-order valence-electron chi connectivity index (χ0n) is 21.9. The van der Waals surface area contributed by atoms with Gasteiger partial charge in [-0.25, -0.2) is 0 Å². The molecule has 0 spiro atoms. The number of phenols is 1. The Morgan fingerprint density at radius 2 is 1.35 bits per heavy atom. The first-order valence-electron chi connectivity index (χ1n) is 12.7. The summed E-state index contributed by atoms with van der Waals surface area (Å²) in [6, 6.07) is 0. The van der Waals surface area contributed by atoms with Gasteiger partial charge in [-0.2, -0.15) is 0 Å². The second-order valence-electron chi connectivity index (χ2n) is 10.2. The van der Waals surface area contributed by atoms with Crippen molar-refractivity contribution in [3.8, 4) is 11.5 Å². The first kappa shape index (κ1) is 27.6. The lowest BCUT2D eigenvalue weighted by Gasteiger charge is -2.23. The van der Waals surface area contributed by atoms with Crippen LogP contribution in [-0.2, 0) is 6.42 Å². The zero-order valence-corrected chi connectivity index (χ0v) is 21.9. The highest BCUT2D eigenvalue weighted by Crippen LogP contribution is 2.38. The molecule has 178 valence electrons. The maximum absolute atomic E-state index is 10.4. The second-order valence-corrected chi connectivity index (χ2v) is 10.2. The molecule has 31 heavy (non-hydrogen) atoms. The van der Waals surface area contributed by atoms with Crippen molar-refractivity contribution >= 4 is 0 Å². The van der Waals surface area contributed by atoms with E-state index >= 15 is 0 Å². The fourth-order valence-electron chi connectivity index (χ4n) is 4.62. The van der Waals surface area contributed by atoms with Gasteiger partial charge in [0.25, 0.3) is 0 Å². The van der Waals surface area contributed by atoms with Crippen LogP contribution in [0.25, 0.3) is 0 Å². The van der Waals surface area contributed by atoms with Gasteiger partial charge in [0, 0.05) is 5.56 Å². The van der Waals surface area contributed by atoms with E-state index in [2.05, 4.69) is 48.1 Å². The number of allylic oxidation sites excluding steroid dienone is 1. The van der Waals surface area contributed by atoms with E-state index in [1.54, 1.807) is 0 Å². The lowest BCUT2D eigenvalue weighted by atomic mass is 9.92. The molecule has 3 atom stereocenters. The predicted octanol–water partition coefficient (Wildman–Crippen LogP) is 9.01. The van der Waals surface area contributed by atoms with Crippen LogP contribution in [-0.4, -0.2) is 11.2 Å². The minimum Gasteiger partial charge on any atom is -0.507 e. The Morgan fingerprint density at radius 3 is 1.87 bits per heavy atom. The van der Waals surface area contributed by atoms with E-state index in [1.165, 1.54) is 56.9 Å². The van der Waals surface area contributed by atoms with Gasteiger partial charge in [0.05, 0.1) is 6.10 Å². The molecule has 0 aromatic heterocycles. The molecule has 1 rings (SSSR count). The first-order valence-corrected chi connectivity index (χ1v) is 12.7. The molecule has 0 saturated heterocycles. The summed E-state index contributed by atoms with van der Waals surface area (Å²) in [4.78, 5) is 0. The summed E-state index contributed by atoms with van der Waals surface area (Å²) in [6.07, 6.45) is 12.5. The molecule has 0 fully saturated rings. The molecule has 1 aromatic rings. The van der Waals surface area contributed by atoms with Gasteiger partial charge in [0.15, 0.2) is 0 Å². The van der Waals surface area contributed by atoms with Crippen LogP contribution < -0.4 is 4.74 Å². The lowest BCUT2D eigenvalue weighted by Crippen LogP contribution is -2.15. The molecule has 0 radical (unpaired) electrons. The fraction of sp³-hybridized carbons (Fsp3) is 0.724. The normalized spacial score (nSPS) is 14.3. The van der Waals surface area contributed by atoms with Crippen molar-refractivity contribution in [2.75, 3.05) is 0 Å². The van der Waals surface area contributed by atoms with Crippen LogP contribution in [0.1, 0.15) is 115 Å². The Hall–Kier alpha value is -1.44. The Morgan fingerprint density at radius 1 is 0.839 bits per heavy atom. The molecular weight excluding hydrogens is 380 g/mol. The third-order valence-corrected chi connectivity index (χ3v) is 7.01. The standard InChI is InChI=1S/C29H50O2/c1-10-27-26(9)28(30)24(7)25(8)29(27)31-23(6)19-13-18-22(5)17-12-16-21(4)15-11-14-20(2)3/h21-23,30H,2,10-19H2,1,3-9H3/t21-,22-,23?/m1/s1. The first-order chi connectivity index (χ1) is 14.6.